The summed E-state index contributed by atoms with van der Waals surface area (Å²) in [6, 6.07) is 6.78. The number of rotatable bonds is 7. The van der Waals surface area contributed by atoms with E-state index in [0.29, 0.717) is 6.04 Å². The molecule has 0 aliphatic carbocycles. The molecule has 2 atom stereocenters. The van der Waals surface area contributed by atoms with E-state index >= 15 is 0 Å². The fourth-order valence-corrected chi connectivity index (χ4v) is 3.09. The lowest BCUT2D eigenvalue weighted by molar-refractivity contribution is 0.598. The second-order valence-electron chi connectivity index (χ2n) is 4.79. The van der Waals surface area contributed by atoms with E-state index in [9.17, 15) is 0 Å². The molecule has 0 spiro atoms. The predicted octanol–water partition coefficient (Wildman–Crippen LogP) is 5.15. The Balaban J connectivity index is 2.67. The van der Waals surface area contributed by atoms with Crippen molar-refractivity contribution in [3.05, 3.63) is 28.8 Å². The average Bonchev–Trinajstić information content (AvgIpc) is 2.37. The van der Waals surface area contributed by atoms with Crippen LogP contribution in [0.15, 0.2) is 23.1 Å². The molecule has 0 bridgehead atoms. The molecule has 0 radical (unpaired) electrons. The van der Waals surface area contributed by atoms with Gasteiger partial charge in [0.2, 0.25) is 0 Å². The minimum atomic E-state index is 0.362. The van der Waals surface area contributed by atoms with E-state index in [2.05, 4.69) is 51.2 Å². The Morgan fingerprint density at radius 3 is 2.56 bits per heavy atom. The van der Waals surface area contributed by atoms with Gasteiger partial charge in [0.05, 0.1) is 5.02 Å². The molecule has 1 aromatic carbocycles. The van der Waals surface area contributed by atoms with E-state index in [4.69, 9.17) is 11.6 Å². The molecule has 3 heteroatoms. The van der Waals surface area contributed by atoms with Gasteiger partial charge < -0.3 is 5.32 Å². The predicted molar refractivity (Wildman–Crippen MR) is 83.7 cm³/mol. The van der Waals surface area contributed by atoms with Gasteiger partial charge in [-0.1, -0.05) is 44.9 Å². The van der Waals surface area contributed by atoms with Crippen LogP contribution in [0.3, 0.4) is 0 Å². The topological polar surface area (TPSA) is 12.0 Å². The lowest BCUT2D eigenvalue weighted by atomic mass is 10.1. The Bertz CT molecular complexity index is 368. The SMILES string of the molecule is CCNC(C)c1ccc(SCC(C)CC)c(Cl)c1. The Hall–Kier alpha value is -0.180. The van der Waals surface area contributed by atoms with E-state index in [-0.39, 0.29) is 0 Å². The molecular weight excluding hydrogens is 262 g/mol. The van der Waals surface area contributed by atoms with Gasteiger partial charge in [-0.15, -0.1) is 11.8 Å². The van der Waals surface area contributed by atoms with Gasteiger partial charge in [0.1, 0.15) is 0 Å². The van der Waals surface area contributed by atoms with E-state index in [1.807, 2.05) is 11.8 Å². The van der Waals surface area contributed by atoms with Crippen LogP contribution in [-0.2, 0) is 0 Å². The van der Waals surface area contributed by atoms with Crippen LogP contribution in [0, 0.1) is 5.92 Å². The fraction of sp³-hybridized carbons (Fsp3) is 0.600. The van der Waals surface area contributed by atoms with Crippen molar-refractivity contribution in [1.82, 2.24) is 5.32 Å². The number of hydrogen-bond donors (Lipinski definition) is 1. The maximum atomic E-state index is 6.35. The third kappa shape index (κ3) is 4.83. The molecule has 1 N–H and O–H groups in total. The van der Waals surface area contributed by atoms with Crippen LogP contribution in [0.2, 0.25) is 5.02 Å². The van der Waals surface area contributed by atoms with E-state index in [1.54, 1.807) is 0 Å². The molecule has 0 heterocycles. The van der Waals surface area contributed by atoms with E-state index in [1.165, 1.54) is 16.9 Å². The minimum absolute atomic E-state index is 0.362. The highest BCUT2D eigenvalue weighted by molar-refractivity contribution is 7.99. The molecule has 0 saturated carbocycles. The molecule has 2 unspecified atom stereocenters. The Morgan fingerprint density at radius 2 is 2.00 bits per heavy atom. The van der Waals surface area contributed by atoms with Crippen molar-refractivity contribution in [2.24, 2.45) is 5.92 Å². The lowest BCUT2D eigenvalue weighted by Crippen LogP contribution is -2.17. The molecule has 1 rings (SSSR count). The summed E-state index contributed by atoms with van der Waals surface area (Å²) in [4.78, 5) is 1.20. The van der Waals surface area contributed by atoms with Gasteiger partial charge in [0, 0.05) is 16.7 Å². The monoisotopic (exact) mass is 285 g/mol. The standard InChI is InChI=1S/C15H24ClNS/c1-5-11(3)10-18-15-8-7-13(9-14(15)16)12(4)17-6-2/h7-9,11-12,17H,5-6,10H2,1-4H3. The summed E-state index contributed by atoms with van der Waals surface area (Å²) in [5.41, 5.74) is 1.26. The summed E-state index contributed by atoms with van der Waals surface area (Å²) in [6.45, 7) is 9.77. The van der Waals surface area contributed by atoms with Crippen molar-refractivity contribution in [2.45, 2.75) is 45.1 Å². The highest BCUT2D eigenvalue weighted by Crippen LogP contribution is 2.31. The molecule has 0 fully saturated rings. The van der Waals surface area contributed by atoms with Crippen molar-refractivity contribution in [3.63, 3.8) is 0 Å². The maximum absolute atomic E-state index is 6.35. The van der Waals surface area contributed by atoms with Gasteiger partial charge in [-0.3, -0.25) is 0 Å². The zero-order chi connectivity index (χ0) is 13.5. The fourth-order valence-electron chi connectivity index (χ4n) is 1.68. The third-order valence-electron chi connectivity index (χ3n) is 3.19. The molecule has 0 aromatic heterocycles. The van der Waals surface area contributed by atoms with Crippen molar-refractivity contribution in [1.29, 1.82) is 0 Å². The number of benzene rings is 1. The summed E-state index contributed by atoms with van der Waals surface area (Å²) in [7, 11) is 0. The highest BCUT2D eigenvalue weighted by Gasteiger charge is 2.08. The van der Waals surface area contributed by atoms with Gasteiger partial charge >= 0.3 is 0 Å². The van der Waals surface area contributed by atoms with Crippen molar-refractivity contribution >= 4 is 23.4 Å². The summed E-state index contributed by atoms with van der Waals surface area (Å²) in [5.74, 6) is 1.88. The quantitative estimate of drug-likeness (QED) is 0.696. The molecule has 0 saturated heterocycles. The van der Waals surface area contributed by atoms with E-state index < -0.39 is 0 Å². The van der Waals surface area contributed by atoms with Gasteiger partial charge in [-0.2, -0.15) is 0 Å². The number of thioether (sulfide) groups is 1. The van der Waals surface area contributed by atoms with Crippen LogP contribution in [0.1, 0.15) is 45.7 Å². The van der Waals surface area contributed by atoms with Crippen LogP contribution >= 0.6 is 23.4 Å². The van der Waals surface area contributed by atoms with Crippen LogP contribution < -0.4 is 5.32 Å². The third-order valence-corrected chi connectivity index (χ3v) is 5.01. The summed E-state index contributed by atoms with van der Waals surface area (Å²) in [5, 5.41) is 4.28. The first-order valence-corrected chi connectivity index (χ1v) is 8.10. The van der Waals surface area contributed by atoms with Gasteiger partial charge in [-0.25, -0.2) is 0 Å². The van der Waals surface area contributed by atoms with Crippen molar-refractivity contribution in [2.75, 3.05) is 12.3 Å². The van der Waals surface area contributed by atoms with Crippen LogP contribution in [0.5, 0.6) is 0 Å². The van der Waals surface area contributed by atoms with Crippen LogP contribution in [0.4, 0.5) is 0 Å². The Kier molecular flexibility index (Phi) is 7.13. The lowest BCUT2D eigenvalue weighted by Gasteiger charge is -2.15. The smallest absolute Gasteiger partial charge is 0.0545 e. The maximum Gasteiger partial charge on any atom is 0.0545 e. The molecule has 0 amide bonds. The molecule has 18 heavy (non-hydrogen) atoms. The zero-order valence-electron chi connectivity index (χ0n) is 11.8. The number of halogens is 1. The van der Waals surface area contributed by atoms with Gasteiger partial charge in [-0.05, 0) is 37.1 Å². The summed E-state index contributed by atoms with van der Waals surface area (Å²) < 4.78 is 0. The zero-order valence-corrected chi connectivity index (χ0v) is 13.4. The Morgan fingerprint density at radius 1 is 1.28 bits per heavy atom. The van der Waals surface area contributed by atoms with Crippen LogP contribution in [0.25, 0.3) is 0 Å². The second-order valence-corrected chi connectivity index (χ2v) is 6.26. The van der Waals surface area contributed by atoms with E-state index in [0.717, 1.165) is 23.2 Å². The second kappa shape index (κ2) is 8.08. The number of hydrogen-bond acceptors (Lipinski definition) is 2. The normalized spacial score (nSPS) is 14.5. The van der Waals surface area contributed by atoms with Gasteiger partial charge in [0.25, 0.3) is 0 Å². The minimum Gasteiger partial charge on any atom is -0.310 e. The first kappa shape index (κ1) is 15.9. The summed E-state index contributed by atoms with van der Waals surface area (Å²) >= 11 is 8.21. The molecule has 0 aliphatic heterocycles. The molecule has 1 aromatic rings. The molecule has 0 aliphatic rings. The van der Waals surface area contributed by atoms with Crippen molar-refractivity contribution < 1.29 is 0 Å². The molecular formula is C15H24ClNS. The Labute approximate surface area is 121 Å². The first-order valence-electron chi connectivity index (χ1n) is 6.74. The highest BCUT2D eigenvalue weighted by atomic mass is 35.5. The summed E-state index contributed by atoms with van der Waals surface area (Å²) in [6.07, 6.45) is 1.22. The van der Waals surface area contributed by atoms with Gasteiger partial charge in [0.15, 0.2) is 0 Å². The molecule has 1 nitrogen and oxygen atoms in total. The largest absolute Gasteiger partial charge is 0.310 e. The average molecular weight is 286 g/mol. The van der Waals surface area contributed by atoms with Crippen LogP contribution in [-0.4, -0.2) is 12.3 Å². The number of nitrogens with one attached hydrogen (secondary N) is 1. The van der Waals surface area contributed by atoms with Crippen molar-refractivity contribution in [3.8, 4) is 0 Å². The first-order chi connectivity index (χ1) is 8.58. The molecule has 102 valence electrons.